The molecule has 25 heavy (non-hydrogen) atoms. The van der Waals surface area contributed by atoms with Gasteiger partial charge in [0.1, 0.15) is 0 Å². The van der Waals surface area contributed by atoms with E-state index >= 15 is 0 Å². The van der Waals surface area contributed by atoms with Crippen LogP contribution in [0.5, 0.6) is 0 Å². The molecule has 0 atom stereocenters. The first-order valence-electron chi connectivity index (χ1n) is 8.17. The molecule has 0 aliphatic rings. The van der Waals surface area contributed by atoms with Gasteiger partial charge in [-0.25, -0.2) is 0 Å². The van der Waals surface area contributed by atoms with Gasteiger partial charge in [0.25, 0.3) is 0 Å². The van der Waals surface area contributed by atoms with Crippen LogP contribution in [0, 0.1) is 6.92 Å². The first-order valence-corrected chi connectivity index (χ1v) is 9.75. The summed E-state index contributed by atoms with van der Waals surface area (Å²) in [6.45, 7) is 5.07. The summed E-state index contributed by atoms with van der Waals surface area (Å²) in [6, 6.07) is 14.5. The second kappa shape index (κ2) is 7.75. The number of hydrogen-bond donors (Lipinski definition) is 0. The summed E-state index contributed by atoms with van der Waals surface area (Å²) >= 11 is 7.02. The maximum Gasteiger partial charge on any atom is 0.310 e. The van der Waals surface area contributed by atoms with Gasteiger partial charge in [-0.2, -0.15) is 0 Å². The molecule has 3 aromatic rings. The third kappa shape index (κ3) is 3.98. The van der Waals surface area contributed by atoms with Gasteiger partial charge in [0.2, 0.25) is 0 Å². The van der Waals surface area contributed by atoms with Gasteiger partial charge in [0, 0.05) is 32.1 Å². The summed E-state index contributed by atoms with van der Waals surface area (Å²) < 4.78 is 9.49. The van der Waals surface area contributed by atoms with E-state index in [0.717, 1.165) is 37.7 Å². The van der Waals surface area contributed by atoms with Gasteiger partial charge in [-0.15, -0.1) is 0 Å². The van der Waals surface area contributed by atoms with Crippen LogP contribution in [-0.2, 0) is 22.5 Å². The highest BCUT2D eigenvalue weighted by Crippen LogP contribution is 2.30. The molecule has 5 heteroatoms. The summed E-state index contributed by atoms with van der Waals surface area (Å²) in [5, 5.41) is 1.09. The van der Waals surface area contributed by atoms with Crippen molar-refractivity contribution in [2.45, 2.75) is 26.8 Å². The fourth-order valence-corrected chi connectivity index (χ4v) is 3.70. The molecule has 1 heterocycles. The quantitative estimate of drug-likeness (QED) is 0.458. The van der Waals surface area contributed by atoms with Crippen LogP contribution in [0.1, 0.15) is 23.7 Å². The lowest BCUT2D eigenvalue weighted by Crippen LogP contribution is -2.09. The van der Waals surface area contributed by atoms with E-state index in [0.29, 0.717) is 13.0 Å². The monoisotopic (exact) mass is 463 g/mol. The van der Waals surface area contributed by atoms with Crippen molar-refractivity contribution < 1.29 is 9.53 Å². The summed E-state index contributed by atoms with van der Waals surface area (Å²) in [6.07, 6.45) is 0.292. The summed E-state index contributed by atoms with van der Waals surface area (Å²) in [5.41, 5.74) is 4.48. The Bertz CT molecular complexity index is 914. The van der Waals surface area contributed by atoms with Crippen molar-refractivity contribution >= 4 is 48.7 Å². The summed E-state index contributed by atoms with van der Waals surface area (Å²) in [4.78, 5) is 12.0. The Kier molecular flexibility index (Phi) is 5.64. The summed E-state index contributed by atoms with van der Waals surface area (Å²) in [5.74, 6) is -0.187. The van der Waals surface area contributed by atoms with Gasteiger partial charge in [-0.05, 0) is 55.3 Å². The lowest BCUT2D eigenvalue weighted by molar-refractivity contribution is -0.142. The highest BCUT2D eigenvalue weighted by molar-refractivity contribution is 9.10. The van der Waals surface area contributed by atoms with E-state index in [4.69, 9.17) is 4.74 Å². The first kappa shape index (κ1) is 18.2. The Balaban J connectivity index is 2.07. The van der Waals surface area contributed by atoms with Crippen LogP contribution in [0.15, 0.2) is 51.4 Å². The van der Waals surface area contributed by atoms with E-state index in [1.807, 2.05) is 25.1 Å². The number of ether oxygens (including phenoxy) is 1. The number of carbonyl (C=O) groups is 1. The van der Waals surface area contributed by atoms with Crippen LogP contribution in [0.2, 0.25) is 0 Å². The SMILES string of the molecule is CCOC(=O)Cc1c(C)n(Cc2ccc(Br)cc2)c2ccc(Br)cc12. The maximum atomic E-state index is 12.0. The van der Waals surface area contributed by atoms with E-state index in [1.165, 1.54) is 5.56 Å². The average Bonchev–Trinajstić information content (AvgIpc) is 2.82. The van der Waals surface area contributed by atoms with Crippen molar-refractivity contribution in [1.29, 1.82) is 0 Å². The van der Waals surface area contributed by atoms with Crippen molar-refractivity contribution in [3.63, 3.8) is 0 Å². The van der Waals surface area contributed by atoms with Crippen LogP contribution in [0.25, 0.3) is 10.9 Å². The number of esters is 1. The highest BCUT2D eigenvalue weighted by atomic mass is 79.9. The van der Waals surface area contributed by atoms with Gasteiger partial charge in [-0.3, -0.25) is 4.79 Å². The fraction of sp³-hybridized carbons (Fsp3) is 0.250. The fourth-order valence-electron chi connectivity index (χ4n) is 3.08. The number of nitrogens with zero attached hydrogens (tertiary/aromatic N) is 1. The zero-order chi connectivity index (χ0) is 18.0. The van der Waals surface area contributed by atoms with Crippen molar-refractivity contribution in [3.8, 4) is 0 Å². The molecule has 3 rings (SSSR count). The van der Waals surface area contributed by atoms with E-state index in [9.17, 15) is 4.79 Å². The van der Waals surface area contributed by atoms with Crippen molar-refractivity contribution in [3.05, 3.63) is 68.2 Å². The van der Waals surface area contributed by atoms with Gasteiger partial charge in [0.05, 0.1) is 13.0 Å². The van der Waals surface area contributed by atoms with Crippen LogP contribution in [-0.4, -0.2) is 17.1 Å². The Labute approximate surface area is 164 Å². The molecule has 3 nitrogen and oxygen atoms in total. The van der Waals surface area contributed by atoms with Crippen LogP contribution in [0.3, 0.4) is 0 Å². The Morgan fingerprint density at radius 1 is 1.08 bits per heavy atom. The molecule has 0 saturated heterocycles. The number of halogens is 2. The van der Waals surface area contributed by atoms with Gasteiger partial charge in [0.15, 0.2) is 0 Å². The molecule has 0 bridgehead atoms. The molecular weight excluding hydrogens is 446 g/mol. The highest BCUT2D eigenvalue weighted by Gasteiger charge is 2.17. The Morgan fingerprint density at radius 2 is 1.76 bits per heavy atom. The lowest BCUT2D eigenvalue weighted by atomic mass is 10.1. The molecular formula is C20H19Br2NO2. The Morgan fingerprint density at radius 3 is 2.44 bits per heavy atom. The molecule has 1 aromatic heterocycles. The number of carbonyl (C=O) groups excluding carboxylic acids is 1. The normalized spacial score (nSPS) is 11.0. The molecule has 0 spiro atoms. The summed E-state index contributed by atoms with van der Waals surface area (Å²) in [7, 11) is 0. The second-order valence-electron chi connectivity index (χ2n) is 5.92. The standard InChI is InChI=1S/C20H19Br2NO2/c1-3-25-20(24)11-17-13(2)23(12-14-4-6-15(21)7-5-14)19-9-8-16(22)10-18(17)19/h4-10H,3,11-12H2,1-2H3. The van der Waals surface area contributed by atoms with E-state index in [2.05, 4.69) is 67.6 Å². The molecule has 0 saturated carbocycles. The molecule has 0 unspecified atom stereocenters. The second-order valence-corrected chi connectivity index (χ2v) is 7.75. The number of aromatic nitrogens is 1. The number of rotatable bonds is 5. The third-order valence-corrected chi connectivity index (χ3v) is 5.32. The number of fused-ring (bicyclic) bond motifs is 1. The van der Waals surface area contributed by atoms with Crippen LogP contribution >= 0.6 is 31.9 Å². The first-order chi connectivity index (χ1) is 12.0. The van der Waals surface area contributed by atoms with Crippen molar-refractivity contribution in [1.82, 2.24) is 4.57 Å². The number of hydrogen-bond acceptors (Lipinski definition) is 2. The van der Waals surface area contributed by atoms with Gasteiger partial charge >= 0.3 is 5.97 Å². The average molecular weight is 465 g/mol. The molecule has 0 aliphatic carbocycles. The van der Waals surface area contributed by atoms with Crippen LogP contribution in [0.4, 0.5) is 0 Å². The molecule has 0 aliphatic heterocycles. The predicted molar refractivity (Wildman–Crippen MR) is 108 cm³/mol. The topological polar surface area (TPSA) is 31.2 Å². The van der Waals surface area contributed by atoms with E-state index in [-0.39, 0.29) is 5.97 Å². The molecule has 0 radical (unpaired) electrons. The van der Waals surface area contributed by atoms with Gasteiger partial charge in [-0.1, -0.05) is 44.0 Å². The van der Waals surface area contributed by atoms with Crippen molar-refractivity contribution in [2.24, 2.45) is 0 Å². The van der Waals surface area contributed by atoms with Crippen molar-refractivity contribution in [2.75, 3.05) is 6.61 Å². The van der Waals surface area contributed by atoms with E-state index < -0.39 is 0 Å². The minimum Gasteiger partial charge on any atom is -0.466 e. The third-order valence-electron chi connectivity index (χ3n) is 4.30. The largest absolute Gasteiger partial charge is 0.466 e. The molecule has 2 aromatic carbocycles. The van der Waals surface area contributed by atoms with Gasteiger partial charge < -0.3 is 9.30 Å². The lowest BCUT2D eigenvalue weighted by Gasteiger charge is -2.09. The minimum atomic E-state index is -0.187. The zero-order valence-electron chi connectivity index (χ0n) is 14.2. The van der Waals surface area contributed by atoms with E-state index in [1.54, 1.807) is 0 Å². The maximum absolute atomic E-state index is 12.0. The predicted octanol–water partition coefficient (Wildman–Crippen LogP) is 5.63. The molecule has 0 fully saturated rings. The van der Waals surface area contributed by atoms with Crippen LogP contribution < -0.4 is 0 Å². The minimum absolute atomic E-state index is 0.187. The molecule has 130 valence electrons. The Hall–Kier alpha value is -1.59. The number of benzene rings is 2. The zero-order valence-corrected chi connectivity index (χ0v) is 17.4. The smallest absolute Gasteiger partial charge is 0.310 e. The molecule has 0 N–H and O–H groups in total. The molecule has 0 amide bonds.